The highest BCUT2D eigenvalue weighted by molar-refractivity contribution is 5.87. The van der Waals surface area contributed by atoms with Crippen molar-refractivity contribution in [1.82, 2.24) is 0 Å². The third-order valence-electron chi connectivity index (χ3n) is 32.4. The van der Waals surface area contributed by atoms with Crippen LogP contribution < -0.4 is 0 Å². The minimum atomic E-state index is -0.697. The van der Waals surface area contributed by atoms with Gasteiger partial charge in [-0.2, -0.15) is 0 Å². The van der Waals surface area contributed by atoms with E-state index in [0.717, 1.165) is 81.1 Å². The van der Waals surface area contributed by atoms with Gasteiger partial charge in [0.25, 0.3) is 0 Å². The van der Waals surface area contributed by atoms with Crippen molar-refractivity contribution in [3.05, 3.63) is 0 Å². The molecule has 3 heterocycles. The lowest BCUT2D eigenvalue weighted by Crippen LogP contribution is -2.47. The Morgan fingerprint density at radius 2 is 0.780 bits per heavy atom. The Morgan fingerprint density at radius 1 is 0.367 bits per heavy atom. The molecule has 20 heteroatoms. The summed E-state index contributed by atoms with van der Waals surface area (Å²) in [6.45, 7) is 50.8. The van der Waals surface area contributed by atoms with Gasteiger partial charge in [-0.15, -0.1) is 0 Å². The number of aliphatic hydroxyl groups is 2. The molecule has 0 aromatic rings. The molecular weight excluding hydrogens is 1390 g/mol. The topological polar surface area (TPSA) is 277 Å². The van der Waals surface area contributed by atoms with Crippen molar-refractivity contribution in [1.29, 1.82) is 0 Å². The molecule has 3 aliphatic heterocycles. The first-order chi connectivity index (χ1) is 49.9. The Bertz CT molecular complexity index is 3190. The zero-order valence-electron chi connectivity index (χ0n) is 72.3. The van der Waals surface area contributed by atoms with Gasteiger partial charge in [-0.05, 0) is 252 Å². The molecular formula is C89H146O20. The van der Waals surface area contributed by atoms with E-state index in [2.05, 4.69) is 20.8 Å². The Kier molecular flexibility index (Phi) is 27.0. The SMILES string of the molecule is CC(C)(C)C(C)(C)C(=O)OC1C2CC3C(=O)OC1C3C2.CC(C)(C)C(C)(C)C(=O)OCC1CC2CC1CC2O.COC(=O)C(C)(C)C(C)(C)C.COC(=O)C(C)(C)C(C)(C)C.COC(=O)C1C2CC3C(OC(=O)C31)C2OC(=O)C(C)(C)C(C)(C)C.O=C1OCC2C3CCC(CC3)C12.OC1CC2C3CCC(CC3)C2C1. The molecule has 3 saturated heterocycles. The summed E-state index contributed by atoms with van der Waals surface area (Å²) in [4.78, 5) is 107. The first-order valence-corrected chi connectivity index (χ1v) is 41.7. The van der Waals surface area contributed by atoms with Crippen LogP contribution in [0.2, 0.25) is 0 Å². The van der Waals surface area contributed by atoms with Crippen LogP contribution in [0.3, 0.4) is 0 Å². The predicted octanol–water partition coefficient (Wildman–Crippen LogP) is 15.8. The monoisotopic (exact) mass is 1540 g/mol. The van der Waals surface area contributed by atoms with Crippen LogP contribution in [0.1, 0.15) is 276 Å². The summed E-state index contributed by atoms with van der Waals surface area (Å²) in [5.41, 5.74) is -3.22. The maximum Gasteiger partial charge on any atom is 0.312 e. The van der Waals surface area contributed by atoms with E-state index in [4.69, 9.17) is 42.6 Å². The van der Waals surface area contributed by atoms with Crippen molar-refractivity contribution >= 4 is 53.7 Å². The highest BCUT2D eigenvalue weighted by Crippen LogP contribution is 2.61. The van der Waals surface area contributed by atoms with Crippen LogP contribution in [0.4, 0.5) is 0 Å². The van der Waals surface area contributed by atoms with E-state index in [0.29, 0.717) is 54.5 Å². The number of cyclic esters (lactones) is 1. The van der Waals surface area contributed by atoms with E-state index in [1.54, 1.807) is 0 Å². The number of rotatable bonds is 10. The average Bonchev–Trinajstić information content (AvgIpc) is 1.55. The highest BCUT2D eigenvalue weighted by atomic mass is 16.6. The molecule has 0 amide bonds. The van der Waals surface area contributed by atoms with Crippen molar-refractivity contribution < 1.29 is 96.0 Å². The van der Waals surface area contributed by atoms with Gasteiger partial charge in [-0.3, -0.25) is 43.2 Å². The molecule has 16 fully saturated rings. The third-order valence-corrected chi connectivity index (χ3v) is 32.4. The summed E-state index contributed by atoms with van der Waals surface area (Å²) in [6, 6.07) is 0. The predicted molar refractivity (Wildman–Crippen MR) is 412 cm³/mol. The molecule has 19 atom stereocenters. The second-order valence-electron chi connectivity index (χ2n) is 43.3. The average molecular weight is 1540 g/mol. The van der Waals surface area contributed by atoms with E-state index in [-0.39, 0.29) is 123 Å². The lowest BCUT2D eigenvalue weighted by Gasteiger charge is -2.45. The van der Waals surface area contributed by atoms with Gasteiger partial charge < -0.3 is 52.8 Å². The van der Waals surface area contributed by atoms with Gasteiger partial charge in [0, 0.05) is 29.6 Å². The molecule has 109 heavy (non-hydrogen) atoms. The molecule has 16 aliphatic rings. The molecule has 0 aromatic carbocycles. The molecule has 19 unspecified atom stereocenters. The number of fused-ring (bicyclic) bond motifs is 8. The van der Waals surface area contributed by atoms with Gasteiger partial charge in [0.2, 0.25) is 0 Å². The summed E-state index contributed by atoms with van der Waals surface area (Å²) >= 11 is 0. The van der Waals surface area contributed by atoms with E-state index in [1.165, 1.54) is 72.7 Å². The lowest BCUT2D eigenvalue weighted by atomic mass is 9.60. The number of esters is 9. The standard InChI is InChI=1S/C18H26O6.C16H24O4.C16H28O3.C11H18O.C10H14O2.2C9H18O2/c1-17(2,3)18(4,5)16(21)24-13-8-7-9-11(10(8)14(19)22-6)15(20)23-12(9)13;1-15(2,3)16(4,5)14(18)20-11-8-6-9-10(7-8)13(17)19-12(9)11;1-15(2,3)16(4,5)14(18)19-9-12-7-11-6-10(12)8-13(11)17;12-9-5-10-7-1-2-8(4-3-7)11(10)6-9;11-10-9-7-3-1-6(2-4-7)8(9)5-12-10;2*1-8(2,3)9(4,5)7(10)11-6/h8-13H,7H2,1-6H3;8-12H,6-7H2,1-5H3;10-13,17H,6-9H2,1-5H3;7-12H,1-6H2;6-9H,1-5H2;2*1-6H3. The van der Waals surface area contributed by atoms with Crippen LogP contribution in [-0.2, 0) is 85.8 Å². The van der Waals surface area contributed by atoms with Gasteiger partial charge in [-0.1, -0.05) is 104 Å². The van der Waals surface area contributed by atoms with Crippen molar-refractivity contribution in [2.75, 3.05) is 34.5 Å². The molecule has 10 bridgehead atoms. The fourth-order valence-corrected chi connectivity index (χ4v) is 19.8. The number of ether oxygens (including phenoxy) is 9. The van der Waals surface area contributed by atoms with Crippen LogP contribution in [0, 0.1) is 161 Å². The summed E-state index contributed by atoms with van der Waals surface area (Å²) in [5.74, 6) is 5.44. The summed E-state index contributed by atoms with van der Waals surface area (Å²) in [6.07, 6.45) is 17.4. The smallest absolute Gasteiger partial charge is 0.312 e. The zero-order chi connectivity index (χ0) is 82.1. The Morgan fingerprint density at radius 3 is 1.18 bits per heavy atom. The summed E-state index contributed by atoms with van der Waals surface area (Å²) < 4.78 is 47.5. The van der Waals surface area contributed by atoms with E-state index in [9.17, 15) is 53.4 Å². The first-order valence-electron chi connectivity index (χ1n) is 41.7. The number of aliphatic hydroxyl groups excluding tert-OH is 2. The second kappa shape index (κ2) is 32.8. The van der Waals surface area contributed by atoms with Gasteiger partial charge >= 0.3 is 53.7 Å². The Balaban J connectivity index is 0.000000163. The Hall–Kier alpha value is -4.85. The van der Waals surface area contributed by atoms with Crippen LogP contribution in [0.5, 0.6) is 0 Å². The molecule has 16 rings (SSSR count). The maximum absolute atomic E-state index is 12.8. The van der Waals surface area contributed by atoms with Crippen LogP contribution in [0.25, 0.3) is 0 Å². The number of hydrogen-bond acceptors (Lipinski definition) is 20. The summed E-state index contributed by atoms with van der Waals surface area (Å²) in [5, 5.41) is 19.4. The van der Waals surface area contributed by atoms with Crippen LogP contribution in [0.15, 0.2) is 0 Å². The second-order valence-corrected chi connectivity index (χ2v) is 43.3. The van der Waals surface area contributed by atoms with E-state index < -0.39 is 57.1 Å². The number of hydrogen-bond donors (Lipinski definition) is 2. The van der Waals surface area contributed by atoms with E-state index >= 15 is 0 Å². The number of methoxy groups -OCH3 is 3. The number of carbonyl (C=O) groups is 9. The van der Waals surface area contributed by atoms with Gasteiger partial charge in [0.15, 0.2) is 0 Å². The fraction of sp³-hybridized carbons (Fsp3) is 0.899. The molecule has 0 radical (unpaired) electrons. The number of carbonyl (C=O) groups excluding carboxylic acids is 9. The molecule has 0 spiro atoms. The van der Waals surface area contributed by atoms with Gasteiger partial charge in [0.05, 0.1) is 97.5 Å². The zero-order valence-corrected chi connectivity index (χ0v) is 72.3. The molecule has 2 N–H and O–H groups in total. The van der Waals surface area contributed by atoms with Crippen molar-refractivity contribution in [2.45, 2.75) is 312 Å². The van der Waals surface area contributed by atoms with E-state index in [1.807, 2.05) is 152 Å². The van der Waals surface area contributed by atoms with Crippen molar-refractivity contribution in [3.63, 3.8) is 0 Å². The van der Waals surface area contributed by atoms with Crippen molar-refractivity contribution in [3.8, 4) is 0 Å². The minimum absolute atomic E-state index is 0.0536. The molecule has 0 aromatic heterocycles. The first kappa shape index (κ1) is 89.7. The maximum atomic E-state index is 12.8. The lowest BCUT2D eigenvalue weighted by molar-refractivity contribution is -0.178. The molecule has 20 nitrogen and oxygen atoms in total. The Labute approximate surface area is 654 Å². The van der Waals surface area contributed by atoms with Gasteiger partial charge in [-0.25, -0.2) is 0 Å². The molecule has 13 saturated carbocycles. The van der Waals surface area contributed by atoms with Crippen LogP contribution >= 0.6 is 0 Å². The fourth-order valence-electron chi connectivity index (χ4n) is 19.8. The normalized spacial score (nSPS) is 35.9. The van der Waals surface area contributed by atoms with Gasteiger partial charge in [0.1, 0.15) is 24.4 Å². The minimum Gasteiger partial charge on any atom is -0.469 e. The quantitative estimate of drug-likeness (QED) is 0.152. The largest absolute Gasteiger partial charge is 0.469 e. The third kappa shape index (κ3) is 18.0. The van der Waals surface area contributed by atoms with Crippen molar-refractivity contribution in [2.24, 2.45) is 161 Å². The summed E-state index contributed by atoms with van der Waals surface area (Å²) in [7, 11) is 4.17. The molecule has 622 valence electrons. The van der Waals surface area contributed by atoms with Crippen LogP contribution in [-0.4, -0.2) is 135 Å². The molecule has 13 aliphatic carbocycles. The highest BCUT2D eigenvalue weighted by Gasteiger charge is 2.71.